The van der Waals surface area contributed by atoms with Crippen molar-refractivity contribution in [3.63, 3.8) is 0 Å². The number of nitrogens with zero attached hydrogens (tertiary/aromatic N) is 2. The second-order valence-electron chi connectivity index (χ2n) is 13.9. The lowest BCUT2D eigenvalue weighted by molar-refractivity contribution is -0.141. The van der Waals surface area contributed by atoms with Gasteiger partial charge in [0.1, 0.15) is 0 Å². The first-order valence-electron chi connectivity index (χ1n) is 15.0. The average Bonchev–Trinajstić information content (AvgIpc) is 3.30. The van der Waals surface area contributed by atoms with Crippen LogP contribution >= 0.6 is 0 Å². The minimum absolute atomic E-state index is 0.0166. The number of hydrogen-bond donors (Lipinski definition) is 1. The standard InChI is InChI=1S/C33H39N3O/c1-31-9-6-23-15-28-25-16-26(25)29(36-13-8-24(34)19-36)17-32(28)10-11-33(23,37-32)30(31)5-4-27(31)21-3-2-20-7-12-35-18-22(20)14-21/h2-3,6-7,12,14-15,18,24-27,29-30H,4-5,8-11,13,16-17,19,34H2,1H3/t24-,25+,26-,27-,29+,30-,31-,32-,33?/m1/s1. The van der Waals surface area contributed by atoms with Crippen LogP contribution in [0.15, 0.2) is 60.0 Å². The number of nitrogens with two attached hydrogens (primary N) is 1. The molecule has 2 bridgehead atoms. The fourth-order valence-electron chi connectivity index (χ4n) is 10.5. The fourth-order valence-corrected chi connectivity index (χ4v) is 10.5. The Balaban J connectivity index is 1.08. The Morgan fingerprint density at radius 3 is 2.95 bits per heavy atom. The Labute approximate surface area is 220 Å². The first-order chi connectivity index (χ1) is 18.0. The number of benzene rings is 1. The number of hydrogen-bond acceptors (Lipinski definition) is 4. The van der Waals surface area contributed by atoms with Gasteiger partial charge in [-0.2, -0.15) is 0 Å². The monoisotopic (exact) mass is 493 g/mol. The van der Waals surface area contributed by atoms with Crippen molar-refractivity contribution >= 4 is 10.8 Å². The summed E-state index contributed by atoms with van der Waals surface area (Å²) in [5.74, 6) is 2.77. The van der Waals surface area contributed by atoms with Gasteiger partial charge in [-0.15, -0.1) is 0 Å². The summed E-state index contributed by atoms with van der Waals surface area (Å²) in [5, 5.41) is 2.56. The number of ether oxygens (including phenoxy) is 1. The summed E-state index contributed by atoms with van der Waals surface area (Å²) in [6.45, 7) is 4.86. The summed E-state index contributed by atoms with van der Waals surface area (Å²) in [6, 6.07) is 10.3. The smallest absolute Gasteiger partial charge is 0.0974 e. The number of pyridine rings is 1. The Hall–Kier alpha value is -2.01. The SMILES string of the molecule is C[C@]12CC=C3C=C4[C@H]5C[C@H]5[C@@H](N5CC[C@@H](N)C5)C[C@]45CCC3(O5)[C@@H]1CC[C@@H]2c1ccc2ccncc2c1. The van der Waals surface area contributed by atoms with Crippen molar-refractivity contribution in [2.45, 2.75) is 87.5 Å². The van der Waals surface area contributed by atoms with Gasteiger partial charge in [0.2, 0.25) is 0 Å². The average molecular weight is 494 g/mol. The van der Waals surface area contributed by atoms with Crippen molar-refractivity contribution in [2.24, 2.45) is 28.9 Å². The maximum Gasteiger partial charge on any atom is 0.0974 e. The molecule has 2 aromatic rings. The van der Waals surface area contributed by atoms with E-state index in [0.29, 0.717) is 23.9 Å². The third-order valence-electron chi connectivity index (χ3n) is 12.3. The van der Waals surface area contributed by atoms with Gasteiger partial charge < -0.3 is 10.5 Å². The van der Waals surface area contributed by atoms with Crippen LogP contribution < -0.4 is 5.73 Å². The molecule has 0 amide bonds. The van der Waals surface area contributed by atoms with Crippen LogP contribution in [0.2, 0.25) is 0 Å². The van der Waals surface area contributed by atoms with Crippen molar-refractivity contribution in [1.29, 1.82) is 0 Å². The molecule has 5 fully saturated rings. The molecule has 2 N–H and O–H groups in total. The molecule has 1 aromatic carbocycles. The molecule has 2 saturated heterocycles. The molecule has 0 radical (unpaired) electrons. The van der Waals surface area contributed by atoms with E-state index in [1.165, 1.54) is 67.8 Å². The molecule has 2 spiro atoms. The van der Waals surface area contributed by atoms with E-state index in [1.807, 2.05) is 12.4 Å². The summed E-state index contributed by atoms with van der Waals surface area (Å²) >= 11 is 0. The van der Waals surface area contributed by atoms with E-state index in [0.717, 1.165) is 24.8 Å². The molecule has 7 aliphatic rings. The normalized spacial score (nSPS) is 47.6. The van der Waals surface area contributed by atoms with Crippen LogP contribution in [-0.2, 0) is 4.74 Å². The molecule has 3 aliphatic heterocycles. The number of fused-ring (bicyclic) bond motifs is 4. The van der Waals surface area contributed by atoms with Gasteiger partial charge in [-0.3, -0.25) is 9.88 Å². The molecule has 3 saturated carbocycles. The maximum atomic E-state index is 7.62. The predicted octanol–water partition coefficient (Wildman–Crippen LogP) is 5.73. The van der Waals surface area contributed by atoms with Crippen LogP contribution in [0.3, 0.4) is 0 Å². The molecule has 4 heteroatoms. The summed E-state index contributed by atoms with van der Waals surface area (Å²) in [6.07, 6.45) is 19.1. The molecule has 4 heterocycles. The zero-order valence-electron chi connectivity index (χ0n) is 22.0. The highest BCUT2D eigenvalue weighted by Crippen LogP contribution is 2.72. The Kier molecular flexibility index (Phi) is 4.22. The van der Waals surface area contributed by atoms with Crippen LogP contribution in [0.1, 0.15) is 69.8 Å². The van der Waals surface area contributed by atoms with Gasteiger partial charge in [0.15, 0.2) is 0 Å². The topological polar surface area (TPSA) is 51.4 Å². The number of aromatic nitrogens is 1. The first kappa shape index (κ1) is 21.9. The van der Waals surface area contributed by atoms with E-state index < -0.39 is 0 Å². The molecule has 1 unspecified atom stereocenters. The largest absolute Gasteiger partial charge is 0.359 e. The number of allylic oxidation sites excluding steroid dienone is 1. The van der Waals surface area contributed by atoms with Gasteiger partial charge in [0.05, 0.1) is 11.2 Å². The van der Waals surface area contributed by atoms with Crippen LogP contribution in [0, 0.1) is 23.2 Å². The van der Waals surface area contributed by atoms with Crippen molar-refractivity contribution in [3.05, 3.63) is 65.5 Å². The fraction of sp³-hybridized carbons (Fsp3) is 0.606. The van der Waals surface area contributed by atoms with Gasteiger partial charge in [-0.25, -0.2) is 0 Å². The molecule has 4 nitrogen and oxygen atoms in total. The lowest BCUT2D eigenvalue weighted by Crippen LogP contribution is -2.56. The second-order valence-corrected chi connectivity index (χ2v) is 13.9. The summed E-state index contributed by atoms with van der Waals surface area (Å²) in [4.78, 5) is 7.14. The first-order valence-corrected chi connectivity index (χ1v) is 15.0. The van der Waals surface area contributed by atoms with E-state index in [4.69, 9.17) is 10.5 Å². The third kappa shape index (κ3) is 2.77. The van der Waals surface area contributed by atoms with E-state index in [2.05, 4.69) is 53.2 Å². The summed E-state index contributed by atoms with van der Waals surface area (Å²) in [5.41, 5.74) is 11.2. The Bertz CT molecular complexity index is 1380. The molecular weight excluding hydrogens is 454 g/mol. The van der Waals surface area contributed by atoms with E-state index in [9.17, 15) is 0 Å². The quantitative estimate of drug-likeness (QED) is 0.580. The van der Waals surface area contributed by atoms with Gasteiger partial charge >= 0.3 is 0 Å². The number of rotatable bonds is 2. The molecule has 37 heavy (non-hydrogen) atoms. The molecule has 9 rings (SSSR count). The van der Waals surface area contributed by atoms with Crippen LogP contribution in [-0.4, -0.2) is 46.3 Å². The minimum atomic E-state index is -0.0721. The maximum absolute atomic E-state index is 7.62. The highest BCUT2D eigenvalue weighted by atomic mass is 16.5. The van der Waals surface area contributed by atoms with E-state index in [-0.39, 0.29) is 16.6 Å². The summed E-state index contributed by atoms with van der Waals surface area (Å²) < 4.78 is 7.62. The molecular formula is C33H39N3O. The van der Waals surface area contributed by atoms with Crippen molar-refractivity contribution in [1.82, 2.24) is 9.88 Å². The van der Waals surface area contributed by atoms with Crippen LogP contribution in [0.5, 0.6) is 0 Å². The Morgan fingerprint density at radius 2 is 2.05 bits per heavy atom. The molecule has 4 aliphatic carbocycles. The van der Waals surface area contributed by atoms with Gasteiger partial charge in [-0.05, 0) is 115 Å². The predicted molar refractivity (Wildman–Crippen MR) is 146 cm³/mol. The Morgan fingerprint density at radius 1 is 1.11 bits per heavy atom. The number of likely N-dealkylation sites (tertiary alicyclic amines) is 1. The van der Waals surface area contributed by atoms with E-state index in [1.54, 1.807) is 11.1 Å². The van der Waals surface area contributed by atoms with Gasteiger partial charge in [-0.1, -0.05) is 31.2 Å². The van der Waals surface area contributed by atoms with E-state index >= 15 is 0 Å². The highest BCUT2D eigenvalue weighted by molar-refractivity contribution is 5.82. The lowest BCUT2D eigenvalue weighted by atomic mass is 9.58. The molecule has 192 valence electrons. The third-order valence-corrected chi connectivity index (χ3v) is 12.3. The highest BCUT2D eigenvalue weighted by Gasteiger charge is 2.70. The van der Waals surface area contributed by atoms with Crippen molar-refractivity contribution in [3.8, 4) is 0 Å². The molecule has 1 aromatic heterocycles. The lowest BCUT2D eigenvalue weighted by Gasteiger charge is -2.54. The van der Waals surface area contributed by atoms with Crippen LogP contribution in [0.4, 0.5) is 0 Å². The zero-order chi connectivity index (χ0) is 24.6. The van der Waals surface area contributed by atoms with Crippen molar-refractivity contribution < 1.29 is 4.74 Å². The van der Waals surface area contributed by atoms with Gasteiger partial charge in [0.25, 0.3) is 0 Å². The van der Waals surface area contributed by atoms with Crippen LogP contribution in [0.25, 0.3) is 10.8 Å². The second kappa shape index (κ2) is 7.14. The van der Waals surface area contributed by atoms with Crippen molar-refractivity contribution in [2.75, 3.05) is 13.1 Å². The van der Waals surface area contributed by atoms with Gasteiger partial charge in [0, 0.05) is 43.0 Å². The summed E-state index contributed by atoms with van der Waals surface area (Å²) in [7, 11) is 0. The molecule has 9 atom stereocenters. The minimum Gasteiger partial charge on any atom is -0.359 e. The zero-order valence-corrected chi connectivity index (χ0v) is 22.0.